The third-order valence-electron chi connectivity index (χ3n) is 3.72. The standard InChI is InChI=1S/C16H14F2N2O4/c1-19-15(21)13-8-20(16(22)24-13)10-6-11(17)14(12(18)7-10)9-2-4-23-5-3-9/h2-4,6-7,13H,5,8H2,1H3,(H,19,21). The average molecular weight is 336 g/mol. The monoisotopic (exact) mass is 336 g/mol. The lowest BCUT2D eigenvalue weighted by atomic mass is 10.0. The van der Waals surface area contributed by atoms with E-state index in [2.05, 4.69) is 5.32 Å². The number of nitrogens with zero attached hydrogens (tertiary/aromatic N) is 1. The smallest absolute Gasteiger partial charge is 0.415 e. The lowest BCUT2D eigenvalue weighted by Gasteiger charge is -2.16. The lowest BCUT2D eigenvalue weighted by molar-refractivity contribution is -0.127. The molecule has 2 heterocycles. The molecule has 1 fully saturated rings. The minimum Gasteiger partial charge on any atom is -0.497 e. The van der Waals surface area contributed by atoms with Crippen molar-refractivity contribution in [2.24, 2.45) is 0 Å². The van der Waals surface area contributed by atoms with Crippen molar-refractivity contribution in [1.29, 1.82) is 0 Å². The molecule has 1 aromatic rings. The number of hydrogen-bond donors (Lipinski definition) is 1. The van der Waals surface area contributed by atoms with E-state index in [4.69, 9.17) is 9.47 Å². The zero-order valence-electron chi connectivity index (χ0n) is 12.7. The lowest BCUT2D eigenvalue weighted by Crippen LogP contribution is -2.35. The van der Waals surface area contributed by atoms with Crippen molar-refractivity contribution in [2.45, 2.75) is 6.10 Å². The molecule has 0 aliphatic carbocycles. The summed E-state index contributed by atoms with van der Waals surface area (Å²) in [5, 5.41) is 2.36. The maximum atomic E-state index is 14.4. The van der Waals surface area contributed by atoms with Gasteiger partial charge in [-0.05, 0) is 29.9 Å². The fourth-order valence-corrected chi connectivity index (χ4v) is 2.53. The number of nitrogens with one attached hydrogen (secondary N) is 1. The van der Waals surface area contributed by atoms with Crippen LogP contribution in [-0.4, -0.2) is 38.3 Å². The average Bonchev–Trinajstić information content (AvgIpc) is 2.96. The topological polar surface area (TPSA) is 67.9 Å². The van der Waals surface area contributed by atoms with Crippen LogP contribution in [0.2, 0.25) is 0 Å². The molecule has 6 nitrogen and oxygen atoms in total. The highest BCUT2D eigenvalue weighted by molar-refractivity contribution is 5.95. The normalized spacial score (nSPS) is 19.6. The molecule has 1 N–H and O–H groups in total. The summed E-state index contributed by atoms with van der Waals surface area (Å²) in [6.45, 7) is 0.103. The fourth-order valence-electron chi connectivity index (χ4n) is 2.53. The second-order valence-corrected chi connectivity index (χ2v) is 5.18. The zero-order chi connectivity index (χ0) is 17.3. The van der Waals surface area contributed by atoms with Gasteiger partial charge in [-0.2, -0.15) is 0 Å². The van der Waals surface area contributed by atoms with Gasteiger partial charge in [-0.25, -0.2) is 13.6 Å². The van der Waals surface area contributed by atoms with Crippen LogP contribution in [0.15, 0.2) is 30.5 Å². The van der Waals surface area contributed by atoms with Crippen LogP contribution in [0.5, 0.6) is 0 Å². The first kappa shape index (κ1) is 16.0. The van der Waals surface area contributed by atoms with Crippen molar-refractivity contribution in [3.05, 3.63) is 47.7 Å². The first-order chi connectivity index (χ1) is 11.5. The number of carbonyl (C=O) groups is 2. The second-order valence-electron chi connectivity index (χ2n) is 5.18. The summed E-state index contributed by atoms with van der Waals surface area (Å²) in [5.41, 5.74) is 0.144. The van der Waals surface area contributed by atoms with Crippen molar-refractivity contribution in [2.75, 3.05) is 25.1 Å². The van der Waals surface area contributed by atoms with Crippen LogP contribution >= 0.6 is 0 Å². The summed E-state index contributed by atoms with van der Waals surface area (Å²) >= 11 is 0. The van der Waals surface area contributed by atoms with Gasteiger partial charge in [0.25, 0.3) is 5.91 Å². The Morgan fingerprint density at radius 2 is 2.04 bits per heavy atom. The number of likely N-dealkylation sites (N-methyl/N-ethyl adjacent to an activating group) is 1. The predicted octanol–water partition coefficient (Wildman–Crippen LogP) is 1.96. The third-order valence-corrected chi connectivity index (χ3v) is 3.72. The van der Waals surface area contributed by atoms with Gasteiger partial charge in [-0.3, -0.25) is 9.69 Å². The van der Waals surface area contributed by atoms with E-state index < -0.39 is 29.7 Å². The Labute approximate surface area is 136 Å². The van der Waals surface area contributed by atoms with Gasteiger partial charge in [0, 0.05) is 7.05 Å². The summed E-state index contributed by atoms with van der Waals surface area (Å²) in [5.74, 6) is -2.13. The zero-order valence-corrected chi connectivity index (χ0v) is 12.7. The van der Waals surface area contributed by atoms with E-state index >= 15 is 0 Å². The maximum Gasteiger partial charge on any atom is 0.415 e. The molecule has 2 amide bonds. The van der Waals surface area contributed by atoms with E-state index in [-0.39, 0.29) is 24.4 Å². The molecule has 2 aliphatic heterocycles. The summed E-state index contributed by atoms with van der Waals surface area (Å²) in [6.07, 6.45) is 2.51. The fraction of sp³-hybridized carbons (Fsp3) is 0.250. The second kappa shape index (κ2) is 6.31. The number of carbonyl (C=O) groups excluding carboxylic acids is 2. The molecule has 0 bridgehead atoms. The van der Waals surface area contributed by atoms with Crippen LogP contribution in [0.4, 0.5) is 19.3 Å². The Hall–Kier alpha value is -2.90. The molecular weight excluding hydrogens is 322 g/mol. The van der Waals surface area contributed by atoms with Gasteiger partial charge in [0.15, 0.2) is 6.10 Å². The first-order valence-electron chi connectivity index (χ1n) is 7.18. The number of amides is 2. The molecule has 0 saturated carbocycles. The van der Waals surface area contributed by atoms with Crippen molar-refractivity contribution in [3.8, 4) is 0 Å². The van der Waals surface area contributed by atoms with Gasteiger partial charge in [0.05, 0.1) is 24.1 Å². The molecule has 0 radical (unpaired) electrons. The number of benzene rings is 1. The van der Waals surface area contributed by atoms with Crippen LogP contribution in [-0.2, 0) is 14.3 Å². The van der Waals surface area contributed by atoms with Gasteiger partial charge in [-0.1, -0.05) is 0 Å². The van der Waals surface area contributed by atoms with E-state index in [1.165, 1.54) is 19.4 Å². The molecule has 1 saturated heterocycles. The largest absolute Gasteiger partial charge is 0.497 e. The Balaban J connectivity index is 1.91. The van der Waals surface area contributed by atoms with Gasteiger partial charge >= 0.3 is 6.09 Å². The van der Waals surface area contributed by atoms with Crippen LogP contribution < -0.4 is 10.2 Å². The van der Waals surface area contributed by atoms with E-state index in [0.29, 0.717) is 5.57 Å². The number of allylic oxidation sites excluding steroid dienone is 2. The van der Waals surface area contributed by atoms with Gasteiger partial charge in [0.2, 0.25) is 0 Å². The molecule has 8 heteroatoms. The number of halogens is 2. The quantitative estimate of drug-likeness (QED) is 0.916. The number of cyclic esters (lactones) is 1. The molecule has 2 aliphatic rings. The SMILES string of the molecule is CNC(=O)C1CN(c2cc(F)c(C3=CCOC=C3)c(F)c2)C(=O)O1. The van der Waals surface area contributed by atoms with Gasteiger partial charge in [0.1, 0.15) is 18.2 Å². The highest BCUT2D eigenvalue weighted by Crippen LogP contribution is 2.30. The minimum atomic E-state index is -1.02. The van der Waals surface area contributed by atoms with Crippen LogP contribution in [0, 0.1) is 11.6 Å². The van der Waals surface area contributed by atoms with Crippen LogP contribution in [0.3, 0.4) is 0 Å². The van der Waals surface area contributed by atoms with Gasteiger partial charge in [-0.15, -0.1) is 0 Å². The van der Waals surface area contributed by atoms with E-state index in [1.807, 2.05) is 0 Å². The Bertz CT molecular complexity index is 737. The molecule has 3 rings (SSSR count). The van der Waals surface area contributed by atoms with Crippen molar-refractivity contribution in [1.82, 2.24) is 5.32 Å². The maximum absolute atomic E-state index is 14.4. The van der Waals surface area contributed by atoms with Crippen molar-refractivity contribution < 1.29 is 27.8 Å². The van der Waals surface area contributed by atoms with Crippen LogP contribution in [0.25, 0.3) is 5.57 Å². The number of rotatable bonds is 3. The Morgan fingerprint density at radius 3 is 2.62 bits per heavy atom. The molecule has 24 heavy (non-hydrogen) atoms. The number of anilines is 1. The van der Waals surface area contributed by atoms with E-state index in [9.17, 15) is 18.4 Å². The summed E-state index contributed by atoms with van der Waals surface area (Å²) < 4.78 is 38.6. The summed E-state index contributed by atoms with van der Waals surface area (Å²) in [4.78, 5) is 24.4. The molecule has 1 aromatic carbocycles. The number of hydrogen-bond acceptors (Lipinski definition) is 4. The Kier molecular flexibility index (Phi) is 4.20. The highest BCUT2D eigenvalue weighted by atomic mass is 19.1. The van der Waals surface area contributed by atoms with Gasteiger partial charge < -0.3 is 14.8 Å². The molecule has 0 spiro atoms. The highest BCUT2D eigenvalue weighted by Gasteiger charge is 2.37. The van der Waals surface area contributed by atoms with E-state index in [1.54, 1.807) is 6.08 Å². The molecule has 1 unspecified atom stereocenters. The third kappa shape index (κ3) is 2.82. The molecule has 0 aromatic heterocycles. The van der Waals surface area contributed by atoms with Crippen molar-refractivity contribution >= 4 is 23.3 Å². The molecule has 1 atom stereocenters. The summed E-state index contributed by atoms with van der Waals surface area (Å²) in [6, 6.07) is 2.08. The predicted molar refractivity (Wildman–Crippen MR) is 81.1 cm³/mol. The van der Waals surface area contributed by atoms with E-state index in [0.717, 1.165) is 17.0 Å². The minimum absolute atomic E-state index is 0.0122. The summed E-state index contributed by atoms with van der Waals surface area (Å²) in [7, 11) is 1.40. The molecular formula is C16H14F2N2O4. The van der Waals surface area contributed by atoms with Crippen molar-refractivity contribution in [3.63, 3.8) is 0 Å². The van der Waals surface area contributed by atoms with Crippen LogP contribution in [0.1, 0.15) is 5.56 Å². The Morgan fingerprint density at radius 1 is 1.33 bits per heavy atom. The number of ether oxygens (including phenoxy) is 2. The molecule has 126 valence electrons. The first-order valence-corrected chi connectivity index (χ1v) is 7.18.